The van der Waals surface area contributed by atoms with Gasteiger partial charge in [-0.2, -0.15) is 0 Å². The molecule has 2 aliphatic heterocycles. The topological polar surface area (TPSA) is 57.4 Å². The van der Waals surface area contributed by atoms with Crippen molar-refractivity contribution in [1.82, 2.24) is 9.88 Å². The highest BCUT2D eigenvalue weighted by molar-refractivity contribution is 5.49. The van der Waals surface area contributed by atoms with Crippen LogP contribution >= 0.6 is 0 Å². The van der Waals surface area contributed by atoms with Crippen molar-refractivity contribution in [3.8, 4) is 0 Å². The van der Waals surface area contributed by atoms with Gasteiger partial charge in [0.25, 0.3) is 0 Å². The molecule has 0 aromatic carbocycles. The molecule has 7 heteroatoms. The number of hydrogen-bond acceptors (Lipinski definition) is 5. The molecule has 2 bridgehead atoms. The van der Waals surface area contributed by atoms with Crippen molar-refractivity contribution in [2.24, 2.45) is 5.84 Å². The van der Waals surface area contributed by atoms with Gasteiger partial charge >= 0.3 is 0 Å². The first kappa shape index (κ1) is 13.5. The second-order valence-corrected chi connectivity index (χ2v) is 5.55. The number of nitrogens with zero attached hydrogens (tertiary/aromatic N) is 3. The standard InChI is InChI=1S/C13H19F2N5/c1-19-8-2-3-9(19)7-20(5-4-8)13-11(15)6-10(14)12(17-13)18-16/h6,8-9H,2-5,7,16H2,1H3,(H,17,18). The Morgan fingerprint density at radius 1 is 1.25 bits per heavy atom. The second kappa shape index (κ2) is 5.14. The first-order valence-electron chi connectivity index (χ1n) is 6.89. The Bertz CT molecular complexity index is 510. The predicted octanol–water partition coefficient (Wildman–Crippen LogP) is 1.32. The number of anilines is 2. The summed E-state index contributed by atoms with van der Waals surface area (Å²) in [7, 11) is 2.12. The van der Waals surface area contributed by atoms with Crippen LogP contribution in [0.1, 0.15) is 19.3 Å². The molecule has 2 saturated heterocycles. The van der Waals surface area contributed by atoms with E-state index in [0.29, 0.717) is 18.6 Å². The molecule has 0 amide bonds. The Hall–Kier alpha value is -1.47. The van der Waals surface area contributed by atoms with Crippen molar-refractivity contribution >= 4 is 11.6 Å². The molecule has 110 valence electrons. The van der Waals surface area contributed by atoms with Crippen molar-refractivity contribution in [3.05, 3.63) is 17.7 Å². The largest absolute Gasteiger partial charge is 0.352 e. The fourth-order valence-corrected chi connectivity index (χ4v) is 3.28. The molecule has 20 heavy (non-hydrogen) atoms. The van der Waals surface area contributed by atoms with Crippen LogP contribution in [0.3, 0.4) is 0 Å². The quantitative estimate of drug-likeness (QED) is 0.633. The first-order valence-corrected chi connectivity index (χ1v) is 6.89. The van der Waals surface area contributed by atoms with Crippen molar-refractivity contribution in [2.45, 2.75) is 31.3 Å². The van der Waals surface area contributed by atoms with Crippen molar-refractivity contribution in [1.29, 1.82) is 0 Å². The predicted molar refractivity (Wildman–Crippen MR) is 73.4 cm³/mol. The zero-order valence-electron chi connectivity index (χ0n) is 11.4. The number of nitrogens with one attached hydrogen (secondary N) is 1. The lowest BCUT2D eigenvalue weighted by Gasteiger charge is -2.27. The molecule has 0 spiro atoms. The van der Waals surface area contributed by atoms with Gasteiger partial charge in [0, 0.05) is 31.2 Å². The Morgan fingerprint density at radius 3 is 2.75 bits per heavy atom. The highest BCUT2D eigenvalue weighted by Crippen LogP contribution is 2.31. The van der Waals surface area contributed by atoms with Gasteiger partial charge in [-0.1, -0.05) is 0 Å². The van der Waals surface area contributed by atoms with Crippen molar-refractivity contribution in [2.75, 3.05) is 30.5 Å². The van der Waals surface area contributed by atoms with E-state index >= 15 is 0 Å². The van der Waals surface area contributed by atoms with Crippen LogP contribution in [0.15, 0.2) is 6.07 Å². The highest BCUT2D eigenvalue weighted by atomic mass is 19.1. The van der Waals surface area contributed by atoms with Crippen molar-refractivity contribution < 1.29 is 8.78 Å². The van der Waals surface area contributed by atoms with Gasteiger partial charge < -0.3 is 10.3 Å². The SMILES string of the molecule is CN1C2CCC1CN(c1nc(NN)c(F)cc1F)CC2. The van der Waals surface area contributed by atoms with E-state index in [9.17, 15) is 8.78 Å². The van der Waals surface area contributed by atoms with E-state index in [-0.39, 0.29) is 11.6 Å². The molecule has 3 rings (SSSR count). The summed E-state index contributed by atoms with van der Waals surface area (Å²) in [4.78, 5) is 8.25. The number of pyridine rings is 1. The lowest BCUT2D eigenvalue weighted by Crippen LogP contribution is -2.37. The van der Waals surface area contributed by atoms with E-state index in [1.807, 2.05) is 4.90 Å². The van der Waals surface area contributed by atoms with Crippen LogP contribution in [0.5, 0.6) is 0 Å². The zero-order chi connectivity index (χ0) is 14.3. The van der Waals surface area contributed by atoms with Gasteiger partial charge in [-0.15, -0.1) is 0 Å². The molecular weight excluding hydrogens is 264 g/mol. The minimum Gasteiger partial charge on any atom is -0.352 e. The Morgan fingerprint density at radius 2 is 2.00 bits per heavy atom. The van der Waals surface area contributed by atoms with Gasteiger partial charge in [-0.3, -0.25) is 4.90 Å². The van der Waals surface area contributed by atoms with Gasteiger partial charge in [0.15, 0.2) is 23.3 Å². The minimum atomic E-state index is -0.776. The number of rotatable bonds is 2. The number of fused-ring (bicyclic) bond motifs is 2. The van der Waals surface area contributed by atoms with Gasteiger partial charge in [0.05, 0.1) is 0 Å². The number of aromatic nitrogens is 1. The first-order chi connectivity index (χ1) is 9.60. The molecule has 5 nitrogen and oxygen atoms in total. The number of hydrazine groups is 1. The Labute approximate surface area is 116 Å². The van der Waals surface area contributed by atoms with E-state index in [4.69, 9.17) is 5.84 Å². The smallest absolute Gasteiger partial charge is 0.178 e. The number of likely N-dealkylation sites (N-methyl/N-ethyl adjacent to an activating group) is 1. The van der Waals surface area contributed by atoms with Crippen LogP contribution in [0, 0.1) is 11.6 Å². The maximum Gasteiger partial charge on any atom is 0.178 e. The van der Waals surface area contributed by atoms with Gasteiger partial charge in [0.1, 0.15) is 0 Å². The molecule has 3 N–H and O–H groups in total. The molecule has 3 heterocycles. The number of halogens is 2. The van der Waals surface area contributed by atoms with Gasteiger partial charge in [0.2, 0.25) is 0 Å². The molecular formula is C13H19F2N5. The van der Waals surface area contributed by atoms with E-state index < -0.39 is 11.6 Å². The molecule has 2 aliphatic rings. The molecule has 1 aromatic heterocycles. The lowest BCUT2D eigenvalue weighted by atomic mass is 10.1. The molecule has 0 aliphatic carbocycles. The van der Waals surface area contributed by atoms with E-state index in [2.05, 4.69) is 22.4 Å². The summed E-state index contributed by atoms with van der Waals surface area (Å²) in [6.07, 6.45) is 3.28. The average Bonchev–Trinajstić information content (AvgIpc) is 2.65. The Balaban J connectivity index is 1.89. The third kappa shape index (κ3) is 2.20. The van der Waals surface area contributed by atoms with Crippen molar-refractivity contribution in [3.63, 3.8) is 0 Å². The summed E-state index contributed by atoms with van der Waals surface area (Å²) >= 11 is 0. The highest BCUT2D eigenvalue weighted by Gasteiger charge is 2.35. The van der Waals surface area contributed by atoms with E-state index in [1.54, 1.807) is 0 Å². The summed E-state index contributed by atoms with van der Waals surface area (Å²) < 4.78 is 27.4. The number of nitrogens with two attached hydrogens (primary N) is 1. The summed E-state index contributed by atoms with van der Waals surface area (Å²) in [5.74, 6) is 3.86. The summed E-state index contributed by atoms with van der Waals surface area (Å²) in [6, 6.07) is 1.80. The zero-order valence-corrected chi connectivity index (χ0v) is 11.4. The lowest BCUT2D eigenvalue weighted by molar-refractivity contribution is 0.254. The summed E-state index contributed by atoms with van der Waals surface area (Å²) in [5.41, 5.74) is 2.17. The molecule has 2 fully saturated rings. The van der Waals surface area contributed by atoms with Crippen LogP contribution in [0.4, 0.5) is 20.4 Å². The third-order valence-electron chi connectivity index (χ3n) is 4.50. The van der Waals surface area contributed by atoms with Gasteiger partial charge in [-0.25, -0.2) is 19.6 Å². The number of hydrogen-bond donors (Lipinski definition) is 2. The normalized spacial score (nSPS) is 26.7. The van der Waals surface area contributed by atoms with Crippen LogP contribution < -0.4 is 16.2 Å². The van der Waals surface area contributed by atoms with Crippen LogP contribution in [0.2, 0.25) is 0 Å². The maximum absolute atomic E-state index is 14.0. The number of nitrogen functional groups attached to an aromatic ring is 1. The van der Waals surface area contributed by atoms with E-state index in [0.717, 1.165) is 25.5 Å². The maximum atomic E-state index is 14.0. The summed E-state index contributed by atoms with van der Waals surface area (Å²) in [6.45, 7) is 1.44. The van der Waals surface area contributed by atoms with Crippen LogP contribution in [0.25, 0.3) is 0 Å². The second-order valence-electron chi connectivity index (χ2n) is 5.55. The summed E-state index contributed by atoms with van der Waals surface area (Å²) in [5, 5.41) is 0. The molecule has 0 saturated carbocycles. The van der Waals surface area contributed by atoms with Crippen LogP contribution in [-0.4, -0.2) is 42.1 Å². The van der Waals surface area contributed by atoms with Crippen LogP contribution in [-0.2, 0) is 0 Å². The average molecular weight is 283 g/mol. The Kier molecular flexibility index (Phi) is 3.47. The fraction of sp³-hybridized carbons (Fsp3) is 0.615. The minimum absolute atomic E-state index is 0.121. The fourth-order valence-electron chi connectivity index (χ4n) is 3.28. The molecule has 2 atom stereocenters. The van der Waals surface area contributed by atoms with E-state index in [1.165, 1.54) is 6.42 Å². The molecule has 2 unspecified atom stereocenters. The molecule has 1 aromatic rings. The monoisotopic (exact) mass is 283 g/mol. The van der Waals surface area contributed by atoms with Gasteiger partial charge in [-0.05, 0) is 26.3 Å². The third-order valence-corrected chi connectivity index (χ3v) is 4.50. The molecule has 0 radical (unpaired) electrons.